The number of aliphatic hydroxyl groups excluding tert-OH is 1. The first-order chi connectivity index (χ1) is 27.5. The number of amides is 3. The standard InChI is InChI=1S/C44H59BrN4O8/c1-8-13-19-35(51)46-33(27-55-7)38(29-17-15-14-16-18-29)56-43(54)36-37-41(52)49(34(26-50)28(6)10-3)40(44(37)25-32(45)39(36)57-44)42(53)48(24-9-2)31-22-20-30(21-23-31)47(11-4)12-5/h8-9,14-18,20-23,28,32-34,36-40,50H,1-2,10-13,19,24-27H2,3-7H3,(H,46,51)/t28-,32?,33-,34-,36+,37-,38-,39+,40+,44-/m0/s1. The number of nitrogens with one attached hydrogen (secondary N) is 1. The number of anilines is 2. The molecule has 3 aliphatic rings. The predicted molar refractivity (Wildman–Crippen MR) is 224 cm³/mol. The minimum Gasteiger partial charge on any atom is -0.455 e. The van der Waals surface area contributed by atoms with Crippen LogP contribution in [0.25, 0.3) is 0 Å². The number of aliphatic hydroxyl groups is 1. The summed E-state index contributed by atoms with van der Waals surface area (Å²) in [6, 6.07) is 14.1. The Bertz CT molecular complexity index is 1720. The van der Waals surface area contributed by atoms with Crippen LogP contribution in [0.2, 0.25) is 0 Å². The number of nitrogens with zero attached hydrogens (tertiary/aromatic N) is 3. The Kier molecular flexibility index (Phi) is 15.2. The summed E-state index contributed by atoms with van der Waals surface area (Å²) >= 11 is 3.78. The molecule has 13 heteroatoms. The number of alkyl halides is 1. The van der Waals surface area contributed by atoms with Gasteiger partial charge in [-0.2, -0.15) is 0 Å². The molecular weight excluding hydrogens is 792 g/mol. The molecule has 1 spiro atoms. The first-order valence-corrected chi connectivity index (χ1v) is 21.0. The highest BCUT2D eigenvalue weighted by Gasteiger charge is 2.78. The van der Waals surface area contributed by atoms with E-state index in [1.807, 2.05) is 56.3 Å². The van der Waals surface area contributed by atoms with Gasteiger partial charge in [0, 0.05) is 49.4 Å². The van der Waals surface area contributed by atoms with Crippen molar-refractivity contribution in [3.05, 3.63) is 85.5 Å². The fraction of sp³-hybridized carbons (Fsp3) is 0.545. The Balaban J connectivity index is 1.57. The quantitative estimate of drug-likeness (QED) is 0.0937. The van der Waals surface area contributed by atoms with Gasteiger partial charge in [0.25, 0.3) is 5.91 Å². The van der Waals surface area contributed by atoms with Crippen LogP contribution in [0.4, 0.5) is 11.4 Å². The molecule has 0 aliphatic carbocycles. The summed E-state index contributed by atoms with van der Waals surface area (Å²) in [5.74, 6) is -4.13. The van der Waals surface area contributed by atoms with Crippen LogP contribution in [0.3, 0.4) is 0 Å². The second-order valence-corrected chi connectivity index (χ2v) is 16.4. The minimum atomic E-state index is -1.41. The summed E-state index contributed by atoms with van der Waals surface area (Å²) in [6.45, 7) is 17.2. The Hall–Kier alpha value is -4.04. The summed E-state index contributed by atoms with van der Waals surface area (Å²) in [6.07, 6.45) is 3.09. The van der Waals surface area contributed by atoms with E-state index in [0.29, 0.717) is 24.1 Å². The van der Waals surface area contributed by atoms with Crippen molar-refractivity contribution in [3.63, 3.8) is 0 Å². The zero-order valence-corrected chi connectivity index (χ0v) is 35.4. The number of hydrogen-bond donors (Lipinski definition) is 2. The molecule has 1 unspecified atom stereocenters. The molecule has 3 aliphatic heterocycles. The van der Waals surface area contributed by atoms with E-state index >= 15 is 9.59 Å². The zero-order chi connectivity index (χ0) is 41.4. The van der Waals surface area contributed by atoms with Gasteiger partial charge in [0.1, 0.15) is 17.7 Å². The number of methoxy groups -OCH3 is 1. The lowest BCUT2D eigenvalue weighted by Gasteiger charge is -2.41. The van der Waals surface area contributed by atoms with E-state index in [0.717, 1.165) is 18.8 Å². The van der Waals surface area contributed by atoms with Gasteiger partial charge in [-0.3, -0.25) is 19.2 Å². The molecule has 0 aromatic heterocycles. The topological polar surface area (TPSA) is 138 Å². The van der Waals surface area contributed by atoms with E-state index < -0.39 is 64.5 Å². The average molecular weight is 852 g/mol. The van der Waals surface area contributed by atoms with E-state index in [-0.39, 0.29) is 50.3 Å². The molecule has 310 valence electrons. The number of carbonyl (C=O) groups is 4. The zero-order valence-electron chi connectivity index (χ0n) is 33.8. The molecule has 3 amide bonds. The number of rotatable bonds is 21. The number of likely N-dealkylation sites (tertiary alicyclic amines) is 1. The monoisotopic (exact) mass is 850 g/mol. The maximum Gasteiger partial charge on any atom is 0.313 e. The van der Waals surface area contributed by atoms with Gasteiger partial charge < -0.3 is 39.3 Å². The third-order valence-electron chi connectivity index (χ3n) is 12.0. The Morgan fingerprint density at radius 3 is 2.32 bits per heavy atom. The molecule has 57 heavy (non-hydrogen) atoms. The Labute approximate surface area is 345 Å². The Morgan fingerprint density at radius 2 is 1.74 bits per heavy atom. The maximum absolute atomic E-state index is 15.3. The second kappa shape index (κ2) is 19.6. The van der Waals surface area contributed by atoms with Crippen molar-refractivity contribution >= 4 is 51.0 Å². The van der Waals surface area contributed by atoms with Crippen LogP contribution < -0.4 is 15.1 Å². The maximum atomic E-state index is 15.3. The van der Waals surface area contributed by atoms with Crippen molar-refractivity contribution in [2.24, 2.45) is 17.8 Å². The fourth-order valence-corrected chi connectivity index (χ4v) is 9.89. The summed E-state index contributed by atoms with van der Waals surface area (Å²) in [5.41, 5.74) is 0.853. The molecule has 0 saturated carbocycles. The van der Waals surface area contributed by atoms with Crippen molar-refractivity contribution in [1.82, 2.24) is 10.2 Å². The number of ether oxygens (including phenoxy) is 3. The number of allylic oxidation sites excluding steroid dienone is 1. The SMILES string of the molecule is C=CCCC(=O)N[C@@H](COC)[C@@H](OC(=O)[C@H]1[C@@H]2O[C@@]3(CC2Br)[C@@H]1C(=O)N([C@@H](CO)[C@@H](C)CC)[C@@H]3C(=O)N(CC=C)c1ccc(N(CC)CC)cc1)c1ccccc1. The van der Waals surface area contributed by atoms with Crippen LogP contribution in [-0.4, -0.2) is 108 Å². The predicted octanol–water partition coefficient (Wildman–Crippen LogP) is 5.59. The number of esters is 1. The lowest BCUT2D eigenvalue weighted by Crippen LogP contribution is -2.60. The van der Waals surface area contributed by atoms with E-state index in [4.69, 9.17) is 14.2 Å². The largest absolute Gasteiger partial charge is 0.455 e. The molecule has 3 saturated heterocycles. The molecule has 2 N–H and O–H groups in total. The van der Waals surface area contributed by atoms with Crippen molar-refractivity contribution in [2.45, 2.75) is 94.1 Å². The number of hydrogen-bond acceptors (Lipinski definition) is 9. The van der Waals surface area contributed by atoms with Crippen LogP contribution in [0, 0.1) is 17.8 Å². The molecule has 0 radical (unpaired) electrons. The molecule has 10 atom stereocenters. The van der Waals surface area contributed by atoms with Crippen LogP contribution in [0.5, 0.6) is 0 Å². The number of fused-ring (bicyclic) bond motifs is 1. The highest BCUT2D eigenvalue weighted by Crippen LogP contribution is 2.61. The summed E-state index contributed by atoms with van der Waals surface area (Å²) < 4.78 is 18.8. The van der Waals surface area contributed by atoms with Crippen molar-refractivity contribution in [2.75, 3.05) is 49.8 Å². The Morgan fingerprint density at radius 1 is 1.07 bits per heavy atom. The average Bonchev–Trinajstić information content (AvgIpc) is 3.82. The van der Waals surface area contributed by atoms with E-state index in [1.165, 1.54) is 12.0 Å². The van der Waals surface area contributed by atoms with Gasteiger partial charge >= 0.3 is 5.97 Å². The second-order valence-electron chi connectivity index (χ2n) is 15.2. The highest BCUT2D eigenvalue weighted by molar-refractivity contribution is 9.09. The normalized spacial score (nSPS) is 25.6. The van der Waals surface area contributed by atoms with Crippen LogP contribution in [-0.2, 0) is 33.4 Å². The van der Waals surface area contributed by atoms with Gasteiger partial charge in [0.15, 0.2) is 0 Å². The summed E-state index contributed by atoms with van der Waals surface area (Å²) in [7, 11) is 1.50. The van der Waals surface area contributed by atoms with Gasteiger partial charge in [-0.1, -0.05) is 78.7 Å². The van der Waals surface area contributed by atoms with Crippen molar-refractivity contribution < 1.29 is 38.5 Å². The molecule has 12 nitrogen and oxygen atoms in total. The van der Waals surface area contributed by atoms with E-state index in [2.05, 4.69) is 53.2 Å². The molecule has 5 rings (SSSR count). The number of halogens is 1. The summed E-state index contributed by atoms with van der Waals surface area (Å²) in [4.78, 5) is 63.1. The minimum absolute atomic E-state index is 0.0388. The van der Waals surface area contributed by atoms with Gasteiger partial charge in [0.2, 0.25) is 11.8 Å². The van der Waals surface area contributed by atoms with Crippen molar-refractivity contribution in [1.29, 1.82) is 0 Å². The summed E-state index contributed by atoms with van der Waals surface area (Å²) in [5, 5.41) is 13.9. The van der Waals surface area contributed by atoms with Gasteiger partial charge in [-0.25, -0.2) is 0 Å². The van der Waals surface area contributed by atoms with Crippen molar-refractivity contribution in [3.8, 4) is 0 Å². The number of benzene rings is 2. The third kappa shape index (κ3) is 8.72. The van der Waals surface area contributed by atoms with Gasteiger partial charge in [-0.15, -0.1) is 13.2 Å². The first kappa shape index (κ1) is 44.1. The molecular formula is C44H59BrN4O8. The van der Waals surface area contributed by atoms with Crippen LogP contribution >= 0.6 is 15.9 Å². The van der Waals surface area contributed by atoms with E-state index in [9.17, 15) is 14.7 Å². The molecule has 3 heterocycles. The first-order valence-electron chi connectivity index (χ1n) is 20.1. The third-order valence-corrected chi connectivity index (χ3v) is 12.8. The lowest BCUT2D eigenvalue weighted by atomic mass is 9.70. The van der Waals surface area contributed by atoms with E-state index in [1.54, 1.807) is 29.2 Å². The molecule has 2 bridgehead atoms. The highest BCUT2D eigenvalue weighted by atomic mass is 79.9. The van der Waals surface area contributed by atoms with Gasteiger partial charge in [0.05, 0.1) is 43.2 Å². The molecule has 2 aromatic carbocycles. The lowest BCUT2D eigenvalue weighted by molar-refractivity contribution is -0.163. The molecule has 2 aromatic rings. The number of carbonyl (C=O) groups excluding carboxylic acids is 4. The van der Waals surface area contributed by atoms with Crippen LogP contribution in [0.1, 0.15) is 65.0 Å². The fourth-order valence-electron chi connectivity index (χ4n) is 8.94. The molecule has 3 fully saturated rings. The van der Waals surface area contributed by atoms with Gasteiger partial charge in [-0.05, 0) is 62.4 Å². The van der Waals surface area contributed by atoms with Crippen LogP contribution in [0.15, 0.2) is 79.9 Å². The smallest absolute Gasteiger partial charge is 0.313 e.